The van der Waals surface area contributed by atoms with Gasteiger partial charge in [-0.05, 0) is 43.9 Å². The Bertz CT molecular complexity index is 753. The van der Waals surface area contributed by atoms with Gasteiger partial charge in [0.15, 0.2) is 16.1 Å². The summed E-state index contributed by atoms with van der Waals surface area (Å²) in [5.74, 6) is 0. The van der Waals surface area contributed by atoms with E-state index < -0.39 is 21.2 Å². The number of ether oxygens (including phenoxy) is 2. The molecule has 1 fully saturated rings. The summed E-state index contributed by atoms with van der Waals surface area (Å²) in [7, 11) is -3.52. The van der Waals surface area contributed by atoms with Crippen LogP contribution in [-0.2, 0) is 19.3 Å². The Kier molecular flexibility index (Phi) is 5.89. The van der Waals surface area contributed by atoms with Crippen molar-refractivity contribution in [2.45, 2.75) is 48.7 Å². The Balaban J connectivity index is 1.90. The summed E-state index contributed by atoms with van der Waals surface area (Å²) in [4.78, 5) is 0.316. The Morgan fingerprint density at radius 2 is 1.64 bits per heavy atom. The van der Waals surface area contributed by atoms with Crippen LogP contribution in [0.15, 0.2) is 65.6 Å². The van der Waals surface area contributed by atoms with Crippen LogP contribution in [0.2, 0.25) is 0 Å². The van der Waals surface area contributed by atoms with Gasteiger partial charge in [-0.3, -0.25) is 0 Å². The lowest BCUT2D eigenvalue weighted by atomic mass is 10.1. The van der Waals surface area contributed by atoms with Gasteiger partial charge in [-0.25, -0.2) is 8.42 Å². The zero-order valence-corrected chi connectivity index (χ0v) is 15.2. The fourth-order valence-electron chi connectivity index (χ4n) is 3.07. The number of hydrogen-bond acceptors (Lipinski definition) is 4. The van der Waals surface area contributed by atoms with E-state index in [1.807, 2.05) is 36.4 Å². The third-order valence-corrected chi connectivity index (χ3v) is 6.71. The first kappa shape index (κ1) is 18.1. The number of benzene rings is 2. The van der Waals surface area contributed by atoms with Crippen molar-refractivity contribution in [2.75, 3.05) is 6.61 Å². The van der Waals surface area contributed by atoms with Crippen LogP contribution in [0.1, 0.15) is 37.9 Å². The minimum absolute atomic E-state index is 0.316. The van der Waals surface area contributed by atoms with Gasteiger partial charge in [0, 0.05) is 6.61 Å². The van der Waals surface area contributed by atoms with Gasteiger partial charge >= 0.3 is 0 Å². The fourth-order valence-corrected chi connectivity index (χ4v) is 4.59. The largest absolute Gasteiger partial charge is 0.353 e. The molecular formula is C20H24O4S. The predicted molar refractivity (Wildman–Crippen MR) is 96.9 cm³/mol. The number of rotatable bonds is 6. The first-order valence-electron chi connectivity index (χ1n) is 8.70. The first-order valence-corrected chi connectivity index (χ1v) is 10.2. The molecule has 4 nitrogen and oxygen atoms in total. The molecule has 1 aliphatic rings. The topological polar surface area (TPSA) is 52.6 Å². The molecule has 0 N–H and O–H groups in total. The fraction of sp³-hybridized carbons (Fsp3) is 0.400. The molecule has 3 atom stereocenters. The van der Waals surface area contributed by atoms with Gasteiger partial charge in [0.25, 0.3) is 0 Å². The molecule has 0 spiro atoms. The Morgan fingerprint density at radius 3 is 2.24 bits per heavy atom. The smallest absolute Gasteiger partial charge is 0.183 e. The highest BCUT2D eigenvalue weighted by molar-refractivity contribution is 7.92. The molecule has 25 heavy (non-hydrogen) atoms. The molecule has 0 aromatic heterocycles. The maximum atomic E-state index is 13.1. The van der Waals surface area contributed by atoms with E-state index in [2.05, 4.69) is 0 Å². The van der Waals surface area contributed by atoms with Crippen molar-refractivity contribution in [1.29, 1.82) is 0 Å². The molecule has 134 valence electrons. The van der Waals surface area contributed by atoms with Gasteiger partial charge in [0.05, 0.1) is 10.1 Å². The van der Waals surface area contributed by atoms with Crippen LogP contribution in [0.4, 0.5) is 0 Å². The Labute approximate surface area is 149 Å². The monoisotopic (exact) mass is 360 g/mol. The van der Waals surface area contributed by atoms with Crippen molar-refractivity contribution in [3.8, 4) is 0 Å². The molecule has 0 bridgehead atoms. The quantitative estimate of drug-likeness (QED) is 0.777. The summed E-state index contributed by atoms with van der Waals surface area (Å²) in [6.45, 7) is 2.37. The summed E-state index contributed by atoms with van der Waals surface area (Å²) >= 11 is 0. The summed E-state index contributed by atoms with van der Waals surface area (Å²) in [6.07, 6.45) is 1.92. The second-order valence-corrected chi connectivity index (χ2v) is 8.63. The van der Waals surface area contributed by atoms with Crippen molar-refractivity contribution in [2.24, 2.45) is 0 Å². The lowest BCUT2D eigenvalue weighted by Gasteiger charge is -2.31. The molecule has 0 radical (unpaired) electrons. The molecule has 3 rings (SSSR count). The SMILES string of the molecule is CC(C(OC1CCCCO1)c1ccccc1)S(=O)(=O)c1ccccc1. The molecule has 1 heterocycles. The van der Waals surface area contributed by atoms with Gasteiger partial charge in [0.2, 0.25) is 0 Å². The summed E-state index contributed by atoms with van der Waals surface area (Å²) < 4.78 is 38.0. The van der Waals surface area contributed by atoms with Crippen molar-refractivity contribution < 1.29 is 17.9 Å². The highest BCUT2D eigenvalue weighted by atomic mass is 32.2. The highest BCUT2D eigenvalue weighted by Crippen LogP contribution is 2.32. The second-order valence-electron chi connectivity index (χ2n) is 6.33. The maximum Gasteiger partial charge on any atom is 0.183 e. The molecule has 0 amide bonds. The second kappa shape index (κ2) is 8.13. The van der Waals surface area contributed by atoms with E-state index in [9.17, 15) is 8.42 Å². The summed E-state index contributed by atoms with van der Waals surface area (Å²) in [6, 6.07) is 18.1. The van der Waals surface area contributed by atoms with Crippen LogP contribution in [-0.4, -0.2) is 26.6 Å². The average Bonchev–Trinajstić information content (AvgIpc) is 2.68. The Morgan fingerprint density at radius 1 is 1.00 bits per heavy atom. The zero-order chi connectivity index (χ0) is 17.7. The van der Waals surface area contributed by atoms with Gasteiger partial charge in [-0.15, -0.1) is 0 Å². The van der Waals surface area contributed by atoms with E-state index in [4.69, 9.17) is 9.47 Å². The van der Waals surface area contributed by atoms with E-state index in [0.29, 0.717) is 11.5 Å². The van der Waals surface area contributed by atoms with Gasteiger partial charge in [-0.2, -0.15) is 0 Å². The standard InChI is InChI=1S/C20H24O4S/c1-16(25(21,22)18-12-6-3-7-13-18)20(17-10-4-2-5-11-17)24-19-14-8-9-15-23-19/h2-7,10-13,16,19-20H,8-9,14-15H2,1H3. The van der Waals surface area contributed by atoms with Gasteiger partial charge in [0.1, 0.15) is 6.10 Å². The molecule has 1 aliphatic heterocycles. The summed E-state index contributed by atoms with van der Waals surface area (Å²) in [5, 5.41) is -0.720. The van der Waals surface area contributed by atoms with Crippen molar-refractivity contribution in [3.63, 3.8) is 0 Å². The first-order chi connectivity index (χ1) is 12.1. The lowest BCUT2D eigenvalue weighted by Crippen LogP contribution is -2.33. The normalized spacial score (nSPS) is 20.8. The molecular weight excluding hydrogens is 336 g/mol. The molecule has 0 aliphatic carbocycles. The molecule has 1 saturated heterocycles. The van der Waals surface area contributed by atoms with Gasteiger partial charge in [-0.1, -0.05) is 48.5 Å². The Hall–Kier alpha value is -1.69. The number of sulfone groups is 1. The van der Waals surface area contributed by atoms with Gasteiger partial charge < -0.3 is 9.47 Å². The van der Waals surface area contributed by atoms with Crippen LogP contribution >= 0.6 is 0 Å². The number of hydrogen-bond donors (Lipinski definition) is 0. The third kappa shape index (κ3) is 4.29. The van der Waals surface area contributed by atoms with Crippen LogP contribution in [0.3, 0.4) is 0 Å². The average molecular weight is 360 g/mol. The van der Waals surface area contributed by atoms with E-state index >= 15 is 0 Å². The van der Waals surface area contributed by atoms with Crippen molar-refractivity contribution >= 4 is 9.84 Å². The van der Waals surface area contributed by atoms with Crippen molar-refractivity contribution in [3.05, 3.63) is 66.2 Å². The van der Waals surface area contributed by atoms with Crippen LogP contribution in [0.5, 0.6) is 0 Å². The molecule has 2 aromatic rings. The summed E-state index contributed by atoms with van der Waals surface area (Å²) in [5.41, 5.74) is 0.851. The highest BCUT2D eigenvalue weighted by Gasteiger charge is 2.34. The lowest BCUT2D eigenvalue weighted by molar-refractivity contribution is -0.189. The molecule has 3 unspecified atom stereocenters. The molecule has 0 saturated carbocycles. The molecule has 5 heteroatoms. The zero-order valence-electron chi connectivity index (χ0n) is 14.4. The molecule has 2 aromatic carbocycles. The maximum absolute atomic E-state index is 13.1. The predicted octanol–water partition coefficient (Wildman–Crippen LogP) is 4.13. The van der Waals surface area contributed by atoms with Crippen molar-refractivity contribution in [1.82, 2.24) is 0 Å². The third-order valence-electron chi connectivity index (χ3n) is 4.55. The van der Waals surface area contributed by atoms with E-state index in [0.717, 1.165) is 24.8 Å². The van der Waals surface area contributed by atoms with E-state index in [1.165, 1.54) is 0 Å². The van der Waals surface area contributed by atoms with Crippen LogP contribution in [0.25, 0.3) is 0 Å². The van der Waals surface area contributed by atoms with Crippen LogP contribution < -0.4 is 0 Å². The minimum atomic E-state index is -3.52. The van der Waals surface area contributed by atoms with E-state index in [1.54, 1.807) is 31.2 Å². The van der Waals surface area contributed by atoms with Crippen LogP contribution in [0, 0.1) is 0 Å². The van der Waals surface area contributed by atoms with E-state index in [-0.39, 0.29) is 6.29 Å². The minimum Gasteiger partial charge on any atom is -0.353 e.